The van der Waals surface area contributed by atoms with E-state index in [4.69, 9.17) is 78.2 Å². The number of rotatable bonds is 18. The zero-order chi connectivity index (χ0) is 75.1. The number of carbonyl (C=O) groups excluding carboxylic acids is 6. The molecule has 0 aliphatic carbocycles. The molecule has 3 aromatic heterocycles. The number of carboxylic acid groups (broad SMARTS) is 1. The number of aryl methyl sites for hydroxylation is 4. The third-order valence-corrected chi connectivity index (χ3v) is 19.0. The molecule has 0 fully saturated rings. The first-order chi connectivity index (χ1) is 47.2. The second kappa shape index (κ2) is 35.6. The van der Waals surface area contributed by atoms with E-state index in [1.165, 1.54) is 6.92 Å². The summed E-state index contributed by atoms with van der Waals surface area (Å²) in [5.74, 6) is -1.26. The number of carbonyl (C=O) groups is 7. The summed E-state index contributed by atoms with van der Waals surface area (Å²) >= 11 is 29.2. The van der Waals surface area contributed by atoms with E-state index in [2.05, 4.69) is 52.7 Å². The Hall–Kier alpha value is -9.20. The summed E-state index contributed by atoms with van der Waals surface area (Å²) in [4.78, 5) is 91.2. The largest absolute Gasteiger partial charge is 0.481 e. The quantitative estimate of drug-likeness (QED) is 0.0499. The summed E-state index contributed by atoms with van der Waals surface area (Å²) in [5.41, 5.74) is 13.0. The molecule has 0 atom stereocenters. The number of carboxylic acids is 1. The molecule has 0 saturated heterocycles. The van der Waals surface area contributed by atoms with Crippen molar-refractivity contribution in [2.24, 2.45) is 5.73 Å². The van der Waals surface area contributed by atoms with Crippen LogP contribution in [0.3, 0.4) is 0 Å². The van der Waals surface area contributed by atoms with Crippen LogP contribution < -0.4 is 22.5 Å². The number of ketones is 3. The minimum Gasteiger partial charge on any atom is -0.481 e. The molecular weight excluding hydrogens is 1390 g/mol. The van der Waals surface area contributed by atoms with Crippen LogP contribution >= 0.6 is 58.0 Å². The van der Waals surface area contributed by atoms with Gasteiger partial charge in [0.1, 0.15) is 5.78 Å². The number of hydrogen-bond donors (Lipinski definition) is 5. The fourth-order valence-electron chi connectivity index (χ4n) is 10.5. The van der Waals surface area contributed by atoms with E-state index in [1.807, 2.05) is 126 Å². The van der Waals surface area contributed by atoms with Crippen molar-refractivity contribution in [2.75, 3.05) is 13.1 Å². The van der Waals surface area contributed by atoms with E-state index in [0.29, 0.717) is 48.2 Å². The Labute approximate surface area is 621 Å². The fourth-order valence-corrected chi connectivity index (χ4v) is 11.1. The maximum Gasteiger partial charge on any atom is 0.313 e. The number of para-hydroxylation sites is 2. The number of pyridine rings is 2. The topological polar surface area (TPSA) is 289 Å². The molecule has 10 rings (SSSR count). The first-order valence-corrected chi connectivity index (χ1v) is 34.1. The Kier molecular flexibility index (Phi) is 29.1. The van der Waals surface area contributed by atoms with E-state index in [1.54, 1.807) is 114 Å². The van der Waals surface area contributed by atoms with Gasteiger partial charge in [-0.3, -0.25) is 43.5 Å². The molecule has 0 spiro atoms. The van der Waals surface area contributed by atoms with Crippen molar-refractivity contribution < 1.29 is 43.1 Å². The van der Waals surface area contributed by atoms with E-state index in [-0.39, 0.29) is 54.8 Å². The number of fused-ring (bicyclic) bond motifs is 2. The van der Waals surface area contributed by atoms with Gasteiger partial charge in [0.25, 0.3) is 5.91 Å². The molecule has 7 aromatic carbocycles. The number of primary amides is 1. The predicted molar refractivity (Wildman–Crippen MR) is 410 cm³/mol. The van der Waals surface area contributed by atoms with Crippen LogP contribution in [0.25, 0.3) is 33.3 Å². The Bertz CT molecular complexity index is 4570. The number of aromatic nitrogens is 4. The van der Waals surface area contributed by atoms with Gasteiger partial charge in [0.15, 0.2) is 11.6 Å². The van der Waals surface area contributed by atoms with E-state index in [9.17, 15) is 33.6 Å². The van der Waals surface area contributed by atoms with Gasteiger partial charge in [-0.25, -0.2) is 0 Å². The molecule has 102 heavy (non-hydrogen) atoms. The van der Waals surface area contributed by atoms with Crippen molar-refractivity contribution in [3.05, 3.63) is 257 Å². The number of nitrogens with one attached hydrogen (secondary N) is 2. The van der Waals surface area contributed by atoms with E-state index in [0.717, 1.165) is 72.0 Å². The first kappa shape index (κ1) is 83.5. The van der Waals surface area contributed by atoms with Crippen molar-refractivity contribution in [3.63, 3.8) is 0 Å². The summed E-state index contributed by atoms with van der Waals surface area (Å²) in [6.07, 6.45) is -0.200. The van der Waals surface area contributed by atoms with Crippen molar-refractivity contribution in [2.45, 2.75) is 137 Å². The normalized spacial score (nSPS) is 11.3. The van der Waals surface area contributed by atoms with Crippen molar-refractivity contribution in [3.8, 4) is 11.5 Å². The number of nitrogens with two attached hydrogens (primary N) is 1. The zero-order valence-electron chi connectivity index (χ0n) is 60.0. The second-order valence-electron chi connectivity index (χ2n) is 26.9. The monoisotopic (exact) mass is 1480 g/mol. The van der Waals surface area contributed by atoms with Crippen LogP contribution in [0.5, 0.6) is 0 Å². The lowest BCUT2D eigenvalue weighted by atomic mass is 9.80. The van der Waals surface area contributed by atoms with Gasteiger partial charge in [0.2, 0.25) is 23.6 Å². The lowest BCUT2D eigenvalue weighted by Gasteiger charge is -2.24. The van der Waals surface area contributed by atoms with Crippen molar-refractivity contribution in [1.29, 1.82) is 0 Å². The Morgan fingerprint density at radius 2 is 0.814 bits per heavy atom. The molecule has 0 unspecified atom stereocenters. The summed E-state index contributed by atoms with van der Waals surface area (Å²) < 4.78 is 6.13. The van der Waals surface area contributed by atoms with Gasteiger partial charge in [-0.05, 0) is 216 Å². The Balaban J connectivity index is 0.000000237. The van der Waals surface area contributed by atoms with Crippen LogP contribution in [-0.2, 0) is 55.8 Å². The highest BCUT2D eigenvalue weighted by molar-refractivity contribution is 6.31. The third kappa shape index (κ3) is 21.2. The van der Waals surface area contributed by atoms with Gasteiger partial charge in [-0.2, -0.15) is 0 Å². The summed E-state index contributed by atoms with van der Waals surface area (Å²) in [7, 11) is 0. The standard InChI is InChI=1S/C23H23ClN2O2.C22H20ClN3O.C15H18ClNO3.C10H12ClNO.C10H11ClO2.H3N/c1-14-18-7-5-6-8-19(18)26-15(2)21(14)22(28)25-13-20(27)23(3,4)16-9-11-17(24)12-10-16;1-13-17-7-5-6-8-18(17)24-14(2)19(13)20-25-26-21(27-20)22(3,4)15-9-11-16(23)12-10-15;1-10(18)8-14(20)17-9-13(19)15(2,3)11-4-6-12(16)7-5-11;2*1-10(2,9(12)13)7-3-5-8(11)6-4-7;/h5-12H,13H2,1-4H3,(H,25,28);5-12H,1-4H3;4-7H,8-9H2,1-3H3,(H,17,20);3-6H,1-2H3,(H2,12,13);3-6H,1-2H3,(H,12,13);1H3. The molecule has 0 saturated carbocycles. The predicted octanol–water partition coefficient (Wildman–Crippen LogP) is 17.9. The van der Waals surface area contributed by atoms with Gasteiger partial charge in [-0.1, -0.05) is 155 Å². The van der Waals surface area contributed by atoms with Crippen LogP contribution in [0.1, 0.15) is 149 Å². The number of nitrogens with zero attached hydrogens (tertiary/aromatic N) is 4. The van der Waals surface area contributed by atoms with Gasteiger partial charge in [-0.15, -0.1) is 10.2 Å². The fraction of sp³-hybridized carbons (Fsp3) is 0.287. The van der Waals surface area contributed by atoms with E-state index < -0.39 is 39.0 Å². The third-order valence-electron chi connectivity index (χ3n) is 17.7. The van der Waals surface area contributed by atoms with Gasteiger partial charge >= 0.3 is 5.97 Å². The first-order valence-electron chi connectivity index (χ1n) is 32.2. The highest BCUT2D eigenvalue weighted by atomic mass is 35.5. The van der Waals surface area contributed by atoms with E-state index >= 15 is 0 Å². The molecule has 0 aliphatic heterocycles. The number of aliphatic carboxylic acids is 1. The average molecular weight is 1480 g/mol. The summed E-state index contributed by atoms with van der Waals surface area (Å²) in [6.45, 7) is 27.2. The van der Waals surface area contributed by atoms with Gasteiger partial charge in [0, 0.05) is 35.9 Å². The molecule has 536 valence electrons. The number of hydrogen-bond acceptors (Lipinski definition) is 13. The van der Waals surface area contributed by atoms with Crippen LogP contribution in [0, 0.1) is 27.7 Å². The molecule has 3 heterocycles. The molecule has 3 amide bonds. The molecule has 17 nitrogen and oxygen atoms in total. The van der Waals surface area contributed by atoms with Crippen LogP contribution in [-0.4, -0.2) is 79.4 Å². The van der Waals surface area contributed by atoms with Crippen LogP contribution in [0.4, 0.5) is 0 Å². The second-order valence-corrected chi connectivity index (χ2v) is 29.0. The molecule has 0 bridgehead atoms. The number of benzene rings is 7. The SMILES string of the molecule is CC(=O)CC(=O)NCC(=O)C(C)(C)c1ccc(Cl)cc1.CC(C)(C(=O)O)c1ccc(Cl)cc1.CC(C)(C(N)=O)c1ccc(Cl)cc1.Cc1nc2ccccc2c(C)c1-c1nnc(C(C)(C)c2ccc(Cl)cc2)o1.Cc1nc2ccccc2c(C)c1C(=O)NCC(=O)C(C)(C)c1ccc(Cl)cc1.N. The molecule has 10 aromatic rings. The maximum absolute atomic E-state index is 12.8. The van der Waals surface area contributed by atoms with Crippen molar-refractivity contribution >= 4 is 121 Å². The lowest BCUT2D eigenvalue weighted by Crippen LogP contribution is -2.39. The lowest BCUT2D eigenvalue weighted by molar-refractivity contribution is -0.142. The summed E-state index contributed by atoms with van der Waals surface area (Å²) in [5, 5.41) is 28.1. The molecular formula is C80H87Cl5N8O9. The van der Waals surface area contributed by atoms with Gasteiger partial charge in [0.05, 0.1) is 80.1 Å². The minimum absolute atomic E-state index is 0. The zero-order valence-corrected chi connectivity index (χ0v) is 63.7. The molecule has 8 N–H and O–H groups in total. The number of amides is 3. The Morgan fingerprint density at radius 3 is 1.21 bits per heavy atom. The van der Waals surface area contributed by atoms with Gasteiger partial charge < -0.3 is 32.0 Å². The minimum atomic E-state index is -0.857. The summed E-state index contributed by atoms with van der Waals surface area (Å²) in [6, 6.07) is 51.7. The number of Topliss-reactive ketones (excluding diaryl/α,β-unsaturated/α-hetero) is 3. The van der Waals surface area contributed by atoms with Crippen LogP contribution in [0.15, 0.2) is 174 Å². The maximum atomic E-state index is 12.8. The number of halogens is 5. The average Bonchev–Trinajstić information content (AvgIpc) is 1.35. The van der Waals surface area contributed by atoms with Crippen LogP contribution in [0.2, 0.25) is 25.1 Å². The molecule has 0 radical (unpaired) electrons. The smallest absolute Gasteiger partial charge is 0.313 e. The molecule has 22 heteroatoms. The molecule has 0 aliphatic rings. The highest BCUT2D eigenvalue weighted by Gasteiger charge is 2.34. The Morgan fingerprint density at radius 1 is 0.461 bits per heavy atom. The van der Waals surface area contributed by atoms with Crippen molar-refractivity contribution in [1.82, 2.24) is 36.9 Å². The highest BCUT2D eigenvalue weighted by Crippen LogP contribution is 2.37.